The van der Waals surface area contributed by atoms with E-state index in [2.05, 4.69) is 5.32 Å². The van der Waals surface area contributed by atoms with Crippen LogP contribution in [0.3, 0.4) is 0 Å². The summed E-state index contributed by atoms with van der Waals surface area (Å²) in [5.41, 5.74) is 0. The predicted molar refractivity (Wildman–Crippen MR) is 34.1 cm³/mol. The topological polar surface area (TPSA) is 12.0 Å². The molecule has 0 amide bonds. The van der Waals surface area contributed by atoms with Crippen molar-refractivity contribution < 1.29 is 22.0 Å². The quantitative estimate of drug-likeness (QED) is 0.671. The Bertz CT molecular complexity index is 122. The lowest BCUT2D eigenvalue weighted by Crippen LogP contribution is -2.33. The first-order valence-corrected chi connectivity index (χ1v) is 3.39. The van der Waals surface area contributed by atoms with Gasteiger partial charge in [-0.1, -0.05) is 0 Å². The summed E-state index contributed by atoms with van der Waals surface area (Å²) in [5.74, 6) is 0. The maximum atomic E-state index is 11.8. The Hall–Kier alpha value is -0.390. The zero-order chi connectivity index (χ0) is 9.78. The molecule has 1 atom stereocenters. The van der Waals surface area contributed by atoms with Crippen molar-refractivity contribution in [2.75, 3.05) is 7.05 Å². The van der Waals surface area contributed by atoms with E-state index in [1.165, 1.54) is 7.05 Å². The molecule has 0 aromatic heterocycles. The molecule has 1 N–H and O–H groups in total. The van der Waals surface area contributed by atoms with Crippen LogP contribution < -0.4 is 5.32 Å². The van der Waals surface area contributed by atoms with E-state index in [-0.39, 0.29) is 0 Å². The second kappa shape index (κ2) is 4.59. The molecule has 0 saturated carbocycles. The third-order valence-corrected chi connectivity index (χ3v) is 1.41. The van der Waals surface area contributed by atoms with Gasteiger partial charge in [-0.05, 0) is 13.5 Å². The molecule has 0 spiro atoms. The second-order valence-electron chi connectivity index (χ2n) is 2.38. The number of halogens is 5. The van der Waals surface area contributed by atoms with Crippen LogP contribution >= 0.6 is 0 Å². The van der Waals surface area contributed by atoms with E-state index in [1.807, 2.05) is 0 Å². The predicted octanol–water partition coefficient (Wildman–Crippen LogP) is 2.18. The lowest BCUT2D eigenvalue weighted by molar-refractivity contribution is -0.138. The van der Waals surface area contributed by atoms with E-state index in [4.69, 9.17) is 0 Å². The molecule has 0 rings (SSSR count). The average molecular weight is 191 g/mol. The molecular formula is C6H10F5N. The van der Waals surface area contributed by atoms with Crippen LogP contribution in [0.1, 0.15) is 12.8 Å². The number of nitrogens with one attached hydrogen (secondary N) is 1. The van der Waals surface area contributed by atoms with E-state index >= 15 is 0 Å². The van der Waals surface area contributed by atoms with Crippen LogP contribution in [0.15, 0.2) is 0 Å². The van der Waals surface area contributed by atoms with Crippen molar-refractivity contribution in [3.05, 3.63) is 0 Å². The monoisotopic (exact) mass is 191 g/mol. The summed E-state index contributed by atoms with van der Waals surface area (Å²) >= 11 is 0. The SMILES string of the molecule is CNC(CCC(F)(F)F)C(F)F. The van der Waals surface area contributed by atoms with E-state index < -0.39 is 31.5 Å². The van der Waals surface area contributed by atoms with Crippen molar-refractivity contribution in [2.24, 2.45) is 0 Å². The van der Waals surface area contributed by atoms with Crippen LogP contribution in [-0.4, -0.2) is 25.7 Å². The van der Waals surface area contributed by atoms with Gasteiger partial charge in [0.15, 0.2) is 0 Å². The molecule has 74 valence electrons. The van der Waals surface area contributed by atoms with Gasteiger partial charge in [0.25, 0.3) is 6.43 Å². The number of hydrogen-bond donors (Lipinski definition) is 1. The molecular weight excluding hydrogens is 181 g/mol. The number of alkyl halides is 5. The molecule has 1 nitrogen and oxygen atoms in total. The molecule has 1 unspecified atom stereocenters. The molecule has 0 saturated heterocycles. The van der Waals surface area contributed by atoms with Gasteiger partial charge in [0, 0.05) is 6.42 Å². The van der Waals surface area contributed by atoms with Crippen molar-refractivity contribution in [3.63, 3.8) is 0 Å². The normalized spacial score (nSPS) is 15.2. The van der Waals surface area contributed by atoms with Crippen molar-refractivity contribution in [1.82, 2.24) is 5.32 Å². The molecule has 0 fully saturated rings. The van der Waals surface area contributed by atoms with Gasteiger partial charge in [0.05, 0.1) is 6.04 Å². The minimum absolute atomic E-state index is 0.586. The summed E-state index contributed by atoms with van der Waals surface area (Å²) in [6.45, 7) is 0. The van der Waals surface area contributed by atoms with Crippen LogP contribution in [0, 0.1) is 0 Å². The molecule has 0 aromatic rings. The third-order valence-electron chi connectivity index (χ3n) is 1.41. The van der Waals surface area contributed by atoms with Crippen LogP contribution in [0.5, 0.6) is 0 Å². The molecule has 0 aliphatic heterocycles. The zero-order valence-electron chi connectivity index (χ0n) is 6.46. The Morgan fingerprint density at radius 2 is 1.75 bits per heavy atom. The van der Waals surface area contributed by atoms with Crippen LogP contribution in [0.25, 0.3) is 0 Å². The summed E-state index contributed by atoms with van der Waals surface area (Å²) in [4.78, 5) is 0. The van der Waals surface area contributed by atoms with Crippen LogP contribution in [0.2, 0.25) is 0 Å². The lowest BCUT2D eigenvalue weighted by atomic mass is 10.1. The Kier molecular flexibility index (Phi) is 4.44. The van der Waals surface area contributed by atoms with Crippen molar-refractivity contribution >= 4 is 0 Å². The van der Waals surface area contributed by atoms with Gasteiger partial charge in [-0.2, -0.15) is 13.2 Å². The molecule has 0 bridgehead atoms. The first-order chi connectivity index (χ1) is 5.37. The summed E-state index contributed by atoms with van der Waals surface area (Å²) in [6.07, 6.45) is -8.87. The summed E-state index contributed by atoms with van der Waals surface area (Å²) in [6, 6.07) is -1.37. The van der Waals surface area contributed by atoms with Crippen LogP contribution in [0.4, 0.5) is 22.0 Å². The maximum absolute atomic E-state index is 11.8. The van der Waals surface area contributed by atoms with Crippen molar-refractivity contribution in [1.29, 1.82) is 0 Å². The number of rotatable bonds is 4. The van der Waals surface area contributed by atoms with Gasteiger partial charge in [-0.15, -0.1) is 0 Å². The van der Waals surface area contributed by atoms with Gasteiger partial charge >= 0.3 is 6.18 Å². The number of hydrogen-bond acceptors (Lipinski definition) is 1. The first-order valence-electron chi connectivity index (χ1n) is 3.39. The summed E-state index contributed by atoms with van der Waals surface area (Å²) in [7, 11) is 1.22. The molecule has 0 aliphatic carbocycles. The molecule has 0 heterocycles. The highest BCUT2D eigenvalue weighted by Crippen LogP contribution is 2.23. The summed E-state index contributed by atoms with van der Waals surface area (Å²) < 4.78 is 58.3. The zero-order valence-corrected chi connectivity index (χ0v) is 6.46. The maximum Gasteiger partial charge on any atom is 0.389 e. The van der Waals surface area contributed by atoms with Crippen molar-refractivity contribution in [2.45, 2.75) is 31.5 Å². The van der Waals surface area contributed by atoms with E-state index in [1.54, 1.807) is 0 Å². The molecule has 0 aliphatic rings. The highest BCUT2D eigenvalue weighted by molar-refractivity contribution is 4.68. The highest BCUT2D eigenvalue weighted by Gasteiger charge is 2.30. The van der Waals surface area contributed by atoms with Gasteiger partial charge in [0.2, 0.25) is 0 Å². The summed E-state index contributed by atoms with van der Waals surface area (Å²) in [5, 5.41) is 2.12. The molecule has 6 heteroatoms. The second-order valence-corrected chi connectivity index (χ2v) is 2.38. The van der Waals surface area contributed by atoms with Gasteiger partial charge < -0.3 is 5.32 Å². The standard InChI is InChI=1S/C6H10F5N/c1-12-4(5(7)8)2-3-6(9,10)11/h4-5,12H,2-3H2,1H3. The largest absolute Gasteiger partial charge is 0.389 e. The fourth-order valence-corrected chi connectivity index (χ4v) is 0.715. The van der Waals surface area contributed by atoms with Gasteiger partial charge in [-0.25, -0.2) is 8.78 Å². The van der Waals surface area contributed by atoms with E-state index in [0.29, 0.717) is 0 Å². The van der Waals surface area contributed by atoms with Crippen molar-refractivity contribution in [3.8, 4) is 0 Å². The highest BCUT2D eigenvalue weighted by atomic mass is 19.4. The van der Waals surface area contributed by atoms with E-state index in [9.17, 15) is 22.0 Å². The Labute approximate surface area is 66.9 Å². The first kappa shape index (κ1) is 11.6. The fourth-order valence-electron chi connectivity index (χ4n) is 0.715. The Morgan fingerprint density at radius 3 is 2.00 bits per heavy atom. The molecule has 0 radical (unpaired) electrons. The van der Waals surface area contributed by atoms with E-state index in [0.717, 1.165) is 0 Å². The average Bonchev–Trinajstić information content (AvgIpc) is 1.85. The smallest absolute Gasteiger partial charge is 0.312 e. The third kappa shape index (κ3) is 5.29. The molecule has 0 aromatic carbocycles. The van der Waals surface area contributed by atoms with Crippen LogP contribution in [-0.2, 0) is 0 Å². The minimum Gasteiger partial charge on any atom is -0.312 e. The van der Waals surface area contributed by atoms with Gasteiger partial charge in [0.1, 0.15) is 0 Å². The fraction of sp³-hybridized carbons (Fsp3) is 1.00. The Morgan fingerprint density at radius 1 is 1.25 bits per heavy atom. The molecule has 12 heavy (non-hydrogen) atoms. The minimum atomic E-state index is -4.36. The lowest BCUT2D eigenvalue weighted by Gasteiger charge is -2.15. The Balaban J connectivity index is 3.73. The van der Waals surface area contributed by atoms with Gasteiger partial charge in [-0.3, -0.25) is 0 Å².